The van der Waals surface area contributed by atoms with Gasteiger partial charge in [0, 0.05) is 12.1 Å². The van der Waals surface area contributed by atoms with Crippen molar-refractivity contribution in [1.29, 1.82) is 0 Å². The molecule has 0 atom stereocenters. The van der Waals surface area contributed by atoms with Gasteiger partial charge in [-0.25, -0.2) is 9.78 Å². The molecule has 1 amide bonds. The molecule has 4 rings (SSSR count). The van der Waals surface area contributed by atoms with Crippen LogP contribution in [0.5, 0.6) is 0 Å². The number of nitrogens with zero attached hydrogens (tertiary/aromatic N) is 4. The van der Waals surface area contributed by atoms with Gasteiger partial charge in [-0.1, -0.05) is 50.2 Å². The van der Waals surface area contributed by atoms with E-state index in [-0.39, 0.29) is 47.0 Å². The Bertz CT molecular complexity index is 1520. The molecule has 0 fully saturated rings. The van der Waals surface area contributed by atoms with Gasteiger partial charge in [0.05, 0.1) is 18.5 Å². The summed E-state index contributed by atoms with van der Waals surface area (Å²) in [5.74, 6) is -1.25. The molecule has 8 nitrogen and oxygen atoms in total. The van der Waals surface area contributed by atoms with Crippen LogP contribution in [0.2, 0.25) is 0 Å². The number of amides is 1. The van der Waals surface area contributed by atoms with Gasteiger partial charge >= 0.3 is 5.97 Å². The lowest BCUT2D eigenvalue weighted by Crippen LogP contribution is -2.33. The van der Waals surface area contributed by atoms with Gasteiger partial charge < -0.3 is 9.30 Å². The number of ether oxygens (including phenoxy) is 1. The molecule has 0 aliphatic rings. The Morgan fingerprint density at radius 2 is 1.74 bits per heavy atom. The zero-order valence-electron chi connectivity index (χ0n) is 20.1. The van der Waals surface area contributed by atoms with E-state index >= 15 is 0 Å². The van der Waals surface area contributed by atoms with Gasteiger partial charge in [0.15, 0.2) is 5.49 Å². The van der Waals surface area contributed by atoms with Crippen molar-refractivity contribution < 1.29 is 14.3 Å². The summed E-state index contributed by atoms with van der Waals surface area (Å²) in [5.41, 5.74) is 1.58. The highest BCUT2D eigenvalue weighted by Crippen LogP contribution is 2.15. The van der Waals surface area contributed by atoms with Gasteiger partial charge in [-0.05, 0) is 43.5 Å². The van der Waals surface area contributed by atoms with Gasteiger partial charge in [-0.2, -0.15) is 4.99 Å². The fourth-order valence-electron chi connectivity index (χ4n) is 4.11. The minimum atomic E-state index is -0.648. The smallest absolute Gasteiger partial charge is 0.341 e. The maximum absolute atomic E-state index is 13.4. The van der Waals surface area contributed by atoms with Gasteiger partial charge in [-0.15, -0.1) is 0 Å². The van der Waals surface area contributed by atoms with Crippen LogP contribution < -0.4 is 11.0 Å². The summed E-state index contributed by atoms with van der Waals surface area (Å²) in [6, 6.07) is 16.3. The van der Waals surface area contributed by atoms with Crippen LogP contribution in [0.25, 0.3) is 16.7 Å². The van der Waals surface area contributed by atoms with Crippen molar-refractivity contribution in [2.24, 2.45) is 10.9 Å². The zero-order valence-corrected chi connectivity index (χ0v) is 20.1. The predicted molar refractivity (Wildman–Crippen MR) is 133 cm³/mol. The SMILES string of the molecule is CCOC(=O)c1cc2c(=O)n3ccccc3nc2n(Cc2ccccc2)c1=NC(=O)C(CC)CC. The topological polar surface area (TPSA) is 95.0 Å². The third kappa shape index (κ3) is 4.77. The van der Waals surface area contributed by atoms with Crippen molar-refractivity contribution in [2.75, 3.05) is 6.61 Å². The number of aromatic nitrogens is 3. The van der Waals surface area contributed by atoms with Crippen LogP contribution in [0, 0.1) is 5.92 Å². The quantitative estimate of drug-likeness (QED) is 0.302. The highest BCUT2D eigenvalue weighted by atomic mass is 16.5. The standard InChI is InChI=1S/C27H28N4O4/c1-4-19(5-2)25(32)29-24-21(27(34)35-6-3)16-20-23(31(24)17-18-12-8-7-9-13-18)28-22-14-10-11-15-30(22)26(20)33/h7-16,19H,4-6,17H2,1-3H3. The van der Waals surface area contributed by atoms with Gasteiger partial charge in [0.2, 0.25) is 0 Å². The molecule has 1 aromatic carbocycles. The Balaban J connectivity index is 2.15. The summed E-state index contributed by atoms with van der Waals surface area (Å²) in [4.78, 5) is 48.7. The van der Waals surface area contributed by atoms with E-state index in [9.17, 15) is 14.4 Å². The lowest BCUT2D eigenvalue weighted by molar-refractivity contribution is -0.122. The molecule has 0 aliphatic heterocycles. The average Bonchev–Trinajstić information content (AvgIpc) is 2.87. The first-order chi connectivity index (χ1) is 17.0. The van der Waals surface area contributed by atoms with Crippen molar-refractivity contribution in [1.82, 2.24) is 14.0 Å². The van der Waals surface area contributed by atoms with Crippen LogP contribution in [0.3, 0.4) is 0 Å². The molecule has 35 heavy (non-hydrogen) atoms. The number of esters is 1. The Morgan fingerprint density at radius 3 is 2.43 bits per heavy atom. The normalized spacial score (nSPS) is 11.9. The summed E-state index contributed by atoms with van der Waals surface area (Å²) in [6.45, 7) is 5.97. The molecule has 8 heteroatoms. The highest BCUT2D eigenvalue weighted by molar-refractivity contribution is 5.94. The van der Waals surface area contributed by atoms with E-state index in [1.807, 2.05) is 44.2 Å². The third-order valence-electron chi connectivity index (χ3n) is 6.02. The van der Waals surface area contributed by atoms with Crippen molar-refractivity contribution in [3.8, 4) is 0 Å². The van der Waals surface area contributed by atoms with Crippen molar-refractivity contribution in [3.05, 3.63) is 87.8 Å². The molecule has 0 N–H and O–H groups in total. The minimum absolute atomic E-state index is 0.0596. The second kappa shape index (κ2) is 10.5. The molecule has 3 aromatic heterocycles. The summed E-state index contributed by atoms with van der Waals surface area (Å²) in [7, 11) is 0. The Labute approximate surface area is 202 Å². The summed E-state index contributed by atoms with van der Waals surface area (Å²) >= 11 is 0. The van der Waals surface area contributed by atoms with E-state index in [1.54, 1.807) is 35.9 Å². The number of fused-ring (bicyclic) bond motifs is 2. The molecule has 0 aliphatic carbocycles. The van der Waals surface area contributed by atoms with Crippen molar-refractivity contribution in [3.63, 3.8) is 0 Å². The molecule has 0 saturated heterocycles. The first-order valence-electron chi connectivity index (χ1n) is 11.8. The monoisotopic (exact) mass is 472 g/mol. The predicted octanol–water partition coefficient (Wildman–Crippen LogP) is 3.74. The van der Waals surface area contributed by atoms with E-state index in [2.05, 4.69) is 4.99 Å². The number of carbonyl (C=O) groups excluding carboxylic acids is 2. The maximum atomic E-state index is 13.4. The fourth-order valence-corrected chi connectivity index (χ4v) is 4.11. The summed E-state index contributed by atoms with van der Waals surface area (Å²) in [6.07, 6.45) is 2.89. The molecule has 0 radical (unpaired) electrons. The highest BCUT2D eigenvalue weighted by Gasteiger charge is 2.21. The van der Waals surface area contributed by atoms with E-state index in [1.165, 1.54) is 10.5 Å². The van der Waals surface area contributed by atoms with Crippen LogP contribution in [-0.2, 0) is 16.1 Å². The largest absolute Gasteiger partial charge is 0.462 e. The second-order valence-corrected chi connectivity index (χ2v) is 8.22. The van der Waals surface area contributed by atoms with Crippen molar-refractivity contribution >= 4 is 28.6 Å². The molecular weight excluding hydrogens is 444 g/mol. The number of rotatable bonds is 7. The molecule has 0 saturated carbocycles. The molecule has 3 heterocycles. The number of hydrogen-bond donors (Lipinski definition) is 0. The average molecular weight is 473 g/mol. The Morgan fingerprint density at radius 1 is 1.03 bits per heavy atom. The second-order valence-electron chi connectivity index (χ2n) is 8.22. The van der Waals surface area contributed by atoms with Gasteiger partial charge in [-0.3, -0.25) is 14.0 Å². The van der Waals surface area contributed by atoms with Crippen LogP contribution in [0.4, 0.5) is 0 Å². The summed E-state index contributed by atoms with van der Waals surface area (Å²) in [5, 5.41) is 0.238. The Hall–Kier alpha value is -4.07. The zero-order chi connectivity index (χ0) is 24.9. The maximum Gasteiger partial charge on any atom is 0.341 e. The van der Waals surface area contributed by atoms with E-state index in [4.69, 9.17) is 9.72 Å². The van der Waals surface area contributed by atoms with E-state index < -0.39 is 5.97 Å². The number of hydrogen-bond acceptors (Lipinski definition) is 5. The van der Waals surface area contributed by atoms with Crippen LogP contribution >= 0.6 is 0 Å². The first-order valence-corrected chi connectivity index (χ1v) is 11.8. The van der Waals surface area contributed by atoms with E-state index in [0.717, 1.165) is 5.56 Å². The minimum Gasteiger partial charge on any atom is -0.462 e. The number of pyridine rings is 2. The lowest BCUT2D eigenvalue weighted by Gasteiger charge is -2.16. The molecule has 0 unspecified atom stereocenters. The third-order valence-corrected chi connectivity index (χ3v) is 6.02. The fraction of sp³-hybridized carbons (Fsp3) is 0.296. The van der Waals surface area contributed by atoms with Crippen LogP contribution in [0.1, 0.15) is 49.5 Å². The van der Waals surface area contributed by atoms with Gasteiger partial charge in [0.1, 0.15) is 16.9 Å². The Kier molecular flexibility index (Phi) is 7.19. The van der Waals surface area contributed by atoms with E-state index in [0.29, 0.717) is 24.1 Å². The van der Waals surface area contributed by atoms with Gasteiger partial charge in [0.25, 0.3) is 11.5 Å². The molecular formula is C27H28N4O4. The summed E-state index contributed by atoms with van der Waals surface area (Å²) < 4.78 is 8.39. The van der Waals surface area contributed by atoms with Crippen LogP contribution in [0.15, 0.2) is 70.6 Å². The first kappa shape index (κ1) is 24.1. The number of carbonyl (C=O) groups is 2. The molecule has 0 bridgehead atoms. The lowest BCUT2D eigenvalue weighted by atomic mass is 10.0. The van der Waals surface area contributed by atoms with Crippen LogP contribution in [-0.4, -0.2) is 32.4 Å². The molecule has 180 valence electrons. The number of benzene rings is 1. The van der Waals surface area contributed by atoms with Crippen molar-refractivity contribution in [2.45, 2.75) is 40.2 Å². The molecule has 4 aromatic rings. The molecule has 0 spiro atoms.